The van der Waals surface area contributed by atoms with E-state index in [1.807, 2.05) is 0 Å². The van der Waals surface area contributed by atoms with Crippen molar-refractivity contribution in [2.45, 2.75) is 142 Å². The quantitative estimate of drug-likeness (QED) is 0.117. The zero-order chi connectivity index (χ0) is 20.1. The average molecular weight is 561 g/mol. The molecule has 0 atom stereocenters. The first-order valence-corrected chi connectivity index (χ1v) is 12.9. The van der Waals surface area contributed by atoms with Crippen LogP contribution in [0.1, 0.15) is 142 Å². The first-order valence-electron chi connectivity index (χ1n) is 12.9. The SMILES string of the molecule is Br.CCCCCCCCCCCC[N+](C)(C)CCCCCCCCCCCC.N.[Br-]. The molecule has 0 saturated carbocycles. The average Bonchev–Trinajstić information content (AvgIpc) is 2.64. The summed E-state index contributed by atoms with van der Waals surface area (Å²) in [6.45, 7) is 7.37. The number of halogens is 2. The maximum Gasteiger partial charge on any atom is 0.0782 e. The van der Waals surface area contributed by atoms with E-state index in [2.05, 4.69) is 27.9 Å². The fraction of sp³-hybridized carbons (Fsp3) is 1.00. The predicted molar refractivity (Wildman–Crippen MR) is 141 cm³/mol. The highest BCUT2D eigenvalue weighted by atomic mass is 79.9. The molecule has 0 aliphatic carbocycles. The summed E-state index contributed by atoms with van der Waals surface area (Å²) in [5.41, 5.74) is 0. The van der Waals surface area contributed by atoms with Crippen molar-refractivity contribution in [3.05, 3.63) is 0 Å². The van der Waals surface area contributed by atoms with E-state index in [1.54, 1.807) is 0 Å². The van der Waals surface area contributed by atoms with Crippen LogP contribution in [0.3, 0.4) is 0 Å². The topological polar surface area (TPSA) is 35.0 Å². The van der Waals surface area contributed by atoms with Gasteiger partial charge in [-0.15, -0.1) is 17.0 Å². The fourth-order valence-electron chi connectivity index (χ4n) is 4.17. The number of unbranched alkanes of at least 4 members (excludes halogenated alkanes) is 18. The highest BCUT2D eigenvalue weighted by Crippen LogP contribution is 2.14. The van der Waals surface area contributed by atoms with Crippen molar-refractivity contribution in [3.8, 4) is 0 Å². The van der Waals surface area contributed by atoms with Crippen LogP contribution in [0.2, 0.25) is 0 Å². The molecule has 0 aromatic heterocycles. The van der Waals surface area contributed by atoms with Crippen LogP contribution >= 0.6 is 17.0 Å². The molecule has 2 nitrogen and oxygen atoms in total. The Bertz CT molecular complexity index is 260. The second-order valence-electron chi connectivity index (χ2n) is 9.75. The fourth-order valence-corrected chi connectivity index (χ4v) is 4.17. The lowest BCUT2D eigenvalue weighted by Crippen LogP contribution is -3.00. The van der Waals surface area contributed by atoms with Gasteiger partial charge in [0.25, 0.3) is 0 Å². The Morgan fingerprint density at radius 3 is 0.833 bits per heavy atom. The molecule has 0 bridgehead atoms. The summed E-state index contributed by atoms with van der Waals surface area (Å²) < 4.78 is 1.24. The maximum atomic E-state index is 2.45. The number of rotatable bonds is 22. The second-order valence-corrected chi connectivity index (χ2v) is 9.75. The lowest BCUT2D eigenvalue weighted by Gasteiger charge is -2.30. The van der Waals surface area contributed by atoms with Crippen LogP contribution in [0.4, 0.5) is 0 Å². The Labute approximate surface area is 213 Å². The van der Waals surface area contributed by atoms with Crippen LogP contribution in [0, 0.1) is 0 Å². The van der Waals surface area contributed by atoms with Gasteiger partial charge in [-0.1, -0.05) is 117 Å². The first kappa shape index (κ1) is 38.2. The molecule has 0 aromatic rings. The van der Waals surface area contributed by atoms with E-state index in [0.29, 0.717) is 0 Å². The Morgan fingerprint density at radius 2 is 0.600 bits per heavy atom. The summed E-state index contributed by atoms with van der Waals surface area (Å²) in [7, 11) is 4.89. The van der Waals surface area contributed by atoms with Crippen LogP contribution in [-0.4, -0.2) is 31.7 Å². The van der Waals surface area contributed by atoms with Gasteiger partial charge in [-0.25, -0.2) is 0 Å². The van der Waals surface area contributed by atoms with Gasteiger partial charge in [0.15, 0.2) is 0 Å². The van der Waals surface area contributed by atoms with Crippen molar-refractivity contribution in [2.75, 3.05) is 27.2 Å². The van der Waals surface area contributed by atoms with Gasteiger partial charge in [0.05, 0.1) is 27.2 Å². The Balaban J connectivity index is -0.00000113. The van der Waals surface area contributed by atoms with Gasteiger partial charge in [-0.2, -0.15) is 0 Å². The molecular formula is C26H60Br2N2. The summed E-state index contributed by atoms with van der Waals surface area (Å²) in [4.78, 5) is 0. The Kier molecular flexibility index (Phi) is 38.0. The molecule has 0 aromatic carbocycles. The van der Waals surface area contributed by atoms with Gasteiger partial charge in [-0.05, 0) is 25.7 Å². The van der Waals surface area contributed by atoms with Crippen LogP contribution in [0.15, 0.2) is 0 Å². The minimum Gasteiger partial charge on any atom is -1.00 e. The van der Waals surface area contributed by atoms with Crippen molar-refractivity contribution in [1.82, 2.24) is 6.15 Å². The van der Waals surface area contributed by atoms with Gasteiger partial charge >= 0.3 is 0 Å². The zero-order valence-corrected chi connectivity index (χ0v) is 24.8. The van der Waals surface area contributed by atoms with E-state index in [0.717, 1.165) is 0 Å². The number of hydrogen-bond acceptors (Lipinski definition) is 1. The summed E-state index contributed by atoms with van der Waals surface area (Å²) in [6.07, 6.45) is 29.0. The van der Waals surface area contributed by atoms with Crippen molar-refractivity contribution in [2.24, 2.45) is 0 Å². The summed E-state index contributed by atoms with van der Waals surface area (Å²) in [5, 5.41) is 0. The summed E-state index contributed by atoms with van der Waals surface area (Å²) in [5.74, 6) is 0. The Morgan fingerprint density at radius 1 is 0.400 bits per heavy atom. The van der Waals surface area contributed by atoms with Crippen LogP contribution in [-0.2, 0) is 0 Å². The van der Waals surface area contributed by atoms with E-state index in [-0.39, 0.29) is 40.1 Å². The van der Waals surface area contributed by atoms with Crippen LogP contribution in [0.5, 0.6) is 0 Å². The van der Waals surface area contributed by atoms with Crippen molar-refractivity contribution in [3.63, 3.8) is 0 Å². The molecule has 0 heterocycles. The van der Waals surface area contributed by atoms with Crippen LogP contribution in [0.25, 0.3) is 0 Å². The smallest absolute Gasteiger partial charge is 0.0782 e. The number of nitrogens with zero attached hydrogens (tertiary/aromatic N) is 1. The molecule has 0 fully saturated rings. The third kappa shape index (κ3) is 31.1. The molecule has 0 saturated heterocycles. The predicted octanol–water partition coefficient (Wildman–Crippen LogP) is 6.65. The molecule has 188 valence electrons. The molecule has 0 rings (SSSR count). The molecule has 0 amide bonds. The normalized spacial score (nSPS) is 10.8. The van der Waals surface area contributed by atoms with E-state index in [4.69, 9.17) is 0 Å². The lowest BCUT2D eigenvalue weighted by atomic mass is 10.1. The molecule has 30 heavy (non-hydrogen) atoms. The van der Waals surface area contributed by atoms with Gasteiger partial charge in [0, 0.05) is 0 Å². The van der Waals surface area contributed by atoms with Crippen molar-refractivity contribution < 1.29 is 21.5 Å². The molecule has 0 aliphatic heterocycles. The number of quaternary nitrogens is 1. The maximum absolute atomic E-state index is 2.45. The highest BCUT2D eigenvalue weighted by molar-refractivity contribution is 8.93. The third-order valence-corrected chi connectivity index (χ3v) is 6.23. The molecule has 0 unspecified atom stereocenters. The van der Waals surface area contributed by atoms with E-state index in [1.165, 1.54) is 146 Å². The first-order chi connectivity index (χ1) is 13.1. The van der Waals surface area contributed by atoms with E-state index >= 15 is 0 Å². The second kappa shape index (κ2) is 29.9. The monoisotopic (exact) mass is 558 g/mol. The lowest BCUT2D eigenvalue weighted by molar-refractivity contribution is -0.890. The summed E-state index contributed by atoms with van der Waals surface area (Å²) >= 11 is 0. The minimum absolute atomic E-state index is 0. The molecule has 4 heteroatoms. The third-order valence-electron chi connectivity index (χ3n) is 6.23. The van der Waals surface area contributed by atoms with Gasteiger partial charge in [0.1, 0.15) is 0 Å². The number of hydrogen-bond donors (Lipinski definition) is 1. The molecule has 0 aliphatic rings. The van der Waals surface area contributed by atoms with Crippen LogP contribution < -0.4 is 23.1 Å². The largest absolute Gasteiger partial charge is 1.00 e. The van der Waals surface area contributed by atoms with Gasteiger partial charge in [0.2, 0.25) is 0 Å². The minimum atomic E-state index is 0. The molecule has 3 N–H and O–H groups in total. The van der Waals surface area contributed by atoms with E-state index in [9.17, 15) is 0 Å². The highest BCUT2D eigenvalue weighted by Gasteiger charge is 2.13. The van der Waals surface area contributed by atoms with E-state index < -0.39 is 0 Å². The van der Waals surface area contributed by atoms with Gasteiger partial charge in [-0.3, -0.25) is 0 Å². The standard InChI is InChI=1S/C26H56N.2BrH.H3N/c1-5-7-9-11-13-15-17-19-21-23-25-27(3,4)26-24-22-20-18-16-14-12-10-8-6-2;;;/h5-26H2,1-4H3;2*1H;1H3/q+1;;;/p-1. The molecule has 0 radical (unpaired) electrons. The van der Waals surface area contributed by atoms with Crippen molar-refractivity contribution in [1.29, 1.82) is 0 Å². The van der Waals surface area contributed by atoms with Crippen molar-refractivity contribution >= 4 is 17.0 Å². The zero-order valence-electron chi connectivity index (χ0n) is 21.5. The van der Waals surface area contributed by atoms with Gasteiger partial charge < -0.3 is 27.6 Å². The summed E-state index contributed by atoms with van der Waals surface area (Å²) in [6, 6.07) is 0. The molecular weight excluding hydrogens is 500 g/mol. The Hall–Kier alpha value is 0.880. The molecule has 0 spiro atoms.